The summed E-state index contributed by atoms with van der Waals surface area (Å²) in [6, 6.07) is 42.5. The van der Waals surface area contributed by atoms with E-state index in [4.69, 9.17) is 4.74 Å². The summed E-state index contributed by atoms with van der Waals surface area (Å²) in [7, 11) is 1.55. The molecule has 14 aliphatic carbocycles. The molecule has 27 aromatic rings. The molecule has 2 heteroatoms. The van der Waals surface area contributed by atoms with Crippen LogP contribution in [0.25, 0.3) is 281 Å². The molecule has 1 spiro atoms. The summed E-state index contributed by atoms with van der Waals surface area (Å²) in [5.74, 6) is 1.65. The van der Waals surface area contributed by atoms with Crippen molar-refractivity contribution in [2.75, 3.05) is 7.11 Å². The Morgan fingerprint density at radius 3 is 1.05 bits per heavy atom. The number of hydrogen-bond acceptors (Lipinski definition) is 2. The molecule has 1 saturated carbocycles. The van der Waals surface area contributed by atoms with Crippen molar-refractivity contribution in [1.82, 2.24) is 0 Å². The highest BCUT2D eigenvalue weighted by Crippen LogP contribution is 2.82. The molecule has 111 heavy (non-hydrogen) atoms. The van der Waals surface area contributed by atoms with Crippen LogP contribution in [0.2, 0.25) is 0 Å². The highest BCUT2D eigenvalue weighted by atomic mass is 16.5. The molecule has 0 saturated heterocycles. The van der Waals surface area contributed by atoms with Gasteiger partial charge in [-0.05, 0) is 461 Å². The normalized spacial score (nSPS) is 22.4. The maximum absolute atomic E-state index is 13.0. The van der Waals surface area contributed by atoms with Crippen LogP contribution >= 0.6 is 0 Å². The number of ether oxygens (including phenoxy) is 1. The van der Waals surface area contributed by atoms with E-state index >= 15 is 0 Å². The van der Waals surface area contributed by atoms with Gasteiger partial charge in [-0.2, -0.15) is 0 Å². The van der Waals surface area contributed by atoms with Gasteiger partial charge < -0.3 is 4.74 Å². The topological polar surface area (TPSA) is 26.3 Å². The molecule has 1 unspecified atom stereocenters. The van der Waals surface area contributed by atoms with Crippen molar-refractivity contribution in [3.63, 3.8) is 0 Å². The second kappa shape index (κ2) is 13.6. The minimum atomic E-state index is -0.256. The smallest absolute Gasteiger partial charge is 0.305 e. The van der Waals surface area contributed by atoms with Crippen LogP contribution in [0, 0.1) is 22.3 Å². The van der Waals surface area contributed by atoms with E-state index in [9.17, 15) is 4.79 Å². The molecule has 0 aliphatic heterocycles. The third-order valence-electron chi connectivity index (χ3n) is 36.2. The lowest BCUT2D eigenvalue weighted by molar-refractivity contribution is -0.140. The number of rotatable bonds is 5. The zero-order chi connectivity index (χ0) is 68.8. The molecular formula is C109H46O2. The minimum Gasteiger partial charge on any atom is -0.469 e. The lowest BCUT2D eigenvalue weighted by atomic mass is 9.69. The Morgan fingerprint density at radius 2 is 0.649 bits per heavy atom. The number of hydrogen-bond donors (Lipinski definition) is 0. The van der Waals surface area contributed by atoms with Crippen molar-refractivity contribution in [2.45, 2.75) is 80.5 Å². The average molecular weight is 1390 g/mol. The molecule has 1 atom stereocenters. The zero-order valence-electron chi connectivity index (χ0n) is 59.6. The van der Waals surface area contributed by atoms with Crippen LogP contribution in [-0.4, -0.2) is 13.1 Å². The Hall–Kier alpha value is -12.5. The fraction of sp³-hybridized carbons (Fsp3) is 0.147. The Morgan fingerprint density at radius 1 is 0.333 bits per heavy atom. The molecule has 494 valence electrons. The third-order valence-corrected chi connectivity index (χ3v) is 36.2. The van der Waals surface area contributed by atoms with Gasteiger partial charge in [0.05, 0.1) is 7.11 Å². The molecule has 1 fully saturated rings. The Balaban J connectivity index is 0.000000102. The molecule has 41 rings (SSSR count). The number of benzene rings is 21. The predicted molar refractivity (Wildman–Crippen MR) is 458 cm³/mol. The summed E-state index contributed by atoms with van der Waals surface area (Å²) in [4.78, 5) is 13.0. The van der Waals surface area contributed by atoms with Gasteiger partial charge in [0, 0.05) is 40.9 Å². The molecule has 27 aromatic carbocycles. The van der Waals surface area contributed by atoms with E-state index in [2.05, 4.69) is 127 Å². The molecule has 8 bridgehead atoms. The van der Waals surface area contributed by atoms with E-state index in [1.54, 1.807) is 323 Å². The molecule has 14 aliphatic rings. The fourth-order valence-electron chi connectivity index (χ4n) is 33.9. The van der Waals surface area contributed by atoms with Crippen molar-refractivity contribution in [3.05, 3.63) is 232 Å². The summed E-state index contributed by atoms with van der Waals surface area (Å²) in [6.07, 6.45) is 19.5. The molecule has 0 N–H and O–H groups in total. The van der Waals surface area contributed by atoms with E-state index in [-0.39, 0.29) is 16.8 Å². The largest absolute Gasteiger partial charge is 0.469 e. The van der Waals surface area contributed by atoms with Gasteiger partial charge in [-0.25, -0.2) is 0 Å². The summed E-state index contributed by atoms with van der Waals surface area (Å²) in [6.45, 7) is 0. The van der Waals surface area contributed by atoms with E-state index in [0.717, 1.165) is 51.4 Å². The fourth-order valence-corrected chi connectivity index (χ4v) is 33.9. The van der Waals surface area contributed by atoms with E-state index < -0.39 is 0 Å². The van der Waals surface area contributed by atoms with Crippen LogP contribution in [-0.2, 0) is 52.5 Å². The van der Waals surface area contributed by atoms with Crippen LogP contribution in [0.3, 0.4) is 0 Å². The monoisotopic (exact) mass is 1390 g/mol. The first kappa shape index (κ1) is 49.5. The van der Waals surface area contributed by atoms with Gasteiger partial charge in [-0.1, -0.05) is 103 Å². The molecule has 0 heterocycles. The first-order chi connectivity index (χ1) is 55.0. The van der Waals surface area contributed by atoms with Gasteiger partial charge in [0.2, 0.25) is 0 Å². The van der Waals surface area contributed by atoms with Crippen molar-refractivity contribution >= 4 is 287 Å². The van der Waals surface area contributed by atoms with E-state index in [1.165, 1.54) is 69.9 Å². The number of allylic oxidation sites excluding steroid dienone is 8. The SMILES string of the molecule is C1=C2Cc3cc4c5ccc6c7ccc8c9cc%10c%11c%12c%13c%14c%15c(c2c3c2c4c3c5c6c4c7c8c5c9c%11c%14c6c(c%152)c3c4c56)C%13C1C=C%12C%10.COC(=O)CCCC1(c2ccccc2)CC12c1c3c4c5c6ccc4c4cc7c8c9c%10c%11c%12c%13c%14c%15c(cc%16c%17ccc=6c(c%17c6c2c(c1c%11c8c43)c%12c%15c%166)C5)CC%14=CC(C=C9C7)C%10%13. The number of esters is 1. The second-order valence-corrected chi connectivity index (χ2v) is 38.8. The maximum atomic E-state index is 13.0. The average Bonchev–Trinajstić information content (AvgIpc) is 1.42. The summed E-state index contributed by atoms with van der Waals surface area (Å²) < 4.78 is 5.34. The van der Waals surface area contributed by atoms with Crippen LogP contribution < -0.4 is 0 Å². The Kier molecular flexibility index (Phi) is 6.06. The summed E-state index contributed by atoms with van der Waals surface area (Å²) >= 11 is 0. The Bertz CT molecular complexity index is 9660. The molecule has 0 amide bonds. The van der Waals surface area contributed by atoms with Crippen molar-refractivity contribution in [1.29, 1.82) is 0 Å². The number of methoxy groups -OCH3 is 1. The van der Waals surface area contributed by atoms with Gasteiger partial charge >= 0.3 is 5.97 Å². The van der Waals surface area contributed by atoms with Gasteiger partial charge in [-0.3, -0.25) is 4.79 Å². The number of carbonyl (C=O) groups is 1. The highest BCUT2D eigenvalue weighted by molar-refractivity contribution is 6.70. The van der Waals surface area contributed by atoms with Gasteiger partial charge in [-0.15, -0.1) is 0 Å². The molecule has 2 nitrogen and oxygen atoms in total. The number of fused-ring (bicyclic) bond motifs is 5. The van der Waals surface area contributed by atoms with Gasteiger partial charge in [0.1, 0.15) is 0 Å². The first-order valence-electron chi connectivity index (χ1n) is 41.7. The van der Waals surface area contributed by atoms with Crippen molar-refractivity contribution < 1.29 is 9.53 Å². The Labute approximate surface area is 623 Å². The molecule has 0 radical (unpaired) electrons. The standard InChI is InChI=1S/C61H32O2.C48H14/c1-63-36(62)8-5-13-60(27-6-3-2-4-7-27)21-61(60)58-54-42-30-11-9-28-29-10-12-31-33-19-26-17-23-15-24-14-22-16-25-18-32(30)44(54)48-39(25)37(22)46-41(24)47-38(23)40(26)49-45(33)55(43(31)35(29)20-34(28)42)59(61)57-53(49)51(47)50(46)52(48)56(57)58;1-3-18-20-9-14-7-11-5-13-6-12-8-15-10-21-19-4-2-17-16(1)27-29(18)38-31(20)35-24(14)22(11)33-26(13)34-23(12)25(15)36-32(21)39-30(19)28(17)37(27)44-45(38)47-42(35)40(33)41(34)43(36)48(47)46(39)44/h2-4,6-7,9-12,14-15,18-19,24,41H,5,8,13,16-17,20-21H2,1H3;1-6,9-10,13,26H,7-8H2. The minimum absolute atomic E-state index is 0.0981. The lowest BCUT2D eigenvalue weighted by Crippen LogP contribution is -2.23. The molecular weight excluding hydrogens is 1340 g/mol. The van der Waals surface area contributed by atoms with E-state index in [1.807, 2.05) is 0 Å². The quantitative estimate of drug-likeness (QED) is 0.0975. The second-order valence-electron chi connectivity index (χ2n) is 38.8. The lowest BCUT2D eigenvalue weighted by Gasteiger charge is -2.33. The van der Waals surface area contributed by atoms with Crippen LogP contribution in [0.4, 0.5) is 0 Å². The summed E-state index contributed by atoms with van der Waals surface area (Å²) in [5.41, 5.74) is 33.5. The van der Waals surface area contributed by atoms with Crippen molar-refractivity contribution in [2.24, 2.45) is 11.8 Å². The van der Waals surface area contributed by atoms with Crippen LogP contribution in [0.5, 0.6) is 0 Å². The molecule has 0 aromatic heterocycles. The van der Waals surface area contributed by atoms with Crippen molar-refractivity contribution in [3.8, 4) is 0 Å². The van der Waals surface area contributed by atoms with Crippen LogP contribution in [0.15, 0.2) is 127 Å². The third kappa shape index (κ3) is 3.87. The highest BCUT2D eigenvalue weighted by Gasteiger charge is 2.73. The van der Waals surface area contributed by atoms with Gasteiger partial charge in [0.15, 0.2) is 0 Å². The first-order valence-corrected chi connectivity index (χ1v) is 41.7. The summed E-state index contributed by atoms with van der Waals surface area (Å²) in [5, 5.41) is 78.7. The maximum Gasteiger partial charge on any atom is 0.305 e. The van der Waals surface area contributed by atoms with E-state index in [0.29, 0.717) is 30.1 Å². The zero-order valence-corrected chi connectivity index (χ0v) is 59.6. The van der Waals surface area contributed by atoms with Gasteiger partial charge in [0.25, 0.3) is 0 Å². The van der Waals surface area contributed by atoms with Crippen LogP contribution in [0.1, 0.15) is 132 Å². The number of carbonyl (C=O) groups excluding carboxylic acids is 1. The predicted octanol–water partition coefficient (Wildman–Crippen LogP) is 26.3.